The molecule has 1 aromatic heterocycles. The van der Waals surface area contributed by atoms with Gasteiger partial charge < -0.3 is 9.80 Å². The smallest absolute Gasteiger partial charge is 0.255 e. The largest absolute Gasteiger partial charge is 0.338 e. The first-order chi connectivity index (χ1) is 15.0. The Bertz CT molecular complexity index is 907. The van der Waals surface area contributed by atoms with Gasteiger partial charge in [0.25, 0.3) is 5.91 Å². The Balaban J connectivity index is 1.37. The Labute approximate surface area is 184 Å². The van der Waals surface area contributed by atoms with Crippen molar-refractivity contribution in [1.82, 2.24) is 19.7 Å². The minimum Gasteiger partial charge on any atom is -0.338 e. The lowest BCUT2D eigenvalue weighted by Crippen LogP contribution is -2.55. The van der Waals surface area contributed by atoms with Gasteiger partial charge in [-0.15, -0.1) is 0 Å². The molecule has 6 heteroatoms. The van der Waals surface area contributed by atoms with E-state index in [1.54, 1.807) is 4.90 Å². The fourth-order valence-corrected chi connectivity index (χ4v) is 4.56. The average molecular weight is 421 g/mol. The van der Waals surface area contributed by atoms with E-state index in [-0.39, 0.29) is 17.9 Å². The maximum absolute atomic E-state index is 13.5. The minimum atomic E-state index is -0.389. The topological polar surface area (TPSA) is 56.8 Å². The van der Waals surface area contributed by atoms with Crippen LogP contribution >= 0.6 is 0 Å². The van der Waals surface area contributed by atoms with Gasteiger partial charge in [-0.3, -0.25) is 19.5 Å². The molecule has 0 unspecified atom stereocenters. The summed E-state index contributed by atoms with van der Waals surface area (Å²) < 4.78 is 0. The van der Waals surface area contributed by atoms with Crippen molar-refractivity contribution in [3.8, 4) is 0 Å². The summed E-state index contributed by atoms with van der Waals surface area (Å²) >= 11 is 0. The van der Waals surface area contributed by atoms with Crippen LogP contribution in [-0.2, 0) is 17.8 Å². The maximum atomic E-state index is 13.5. The third kappa shape index (κ3) is 4.96. The zero-order valence-corrected chi connectivity index (χ0v) is 18.5. The lowest BCUT2D eigenvalue weighted by atomic mass is 10.0. The molecule has 2 aliphatic heterocycles. The number of pyridine rings is 1. The number of benzene rings is 1. The Morgan fingerprint density at radius 2 is 1.77 bits per heavy atom. The molecule has 2 aromatic rings. The van der Waals surface area contributed by atoms with Gasteiger partial charge in [0, 0.05) is 63.1 Å². The molecule has 164 valence electrons. The van der Waals surface area contributed by atoms with Crippen molar-refractivity contribution in [1.29, 1.82) is 0 Å². The van der Waals surface area contributed by atoms with Gasteiger partial charge in [0.05, 0.1) is 0 Å². The molecule has 31 heavy (non-hydrogen) atoms. The van der Waals surface area contributed by atoms with Crippen LogP contribution in [0, 0.1) is 5.92 Å². The number of fused-ring (bicyclic) bond motifs is 1. The van der Waals surface area contributed by atoms with E-state index in [1.807, 2.05) is 47.5 Å². The average Bonchev–Trinajstić information content (AvgIpc) is 3.13. The van der Waals surface area contributed by atoms with Gasteiger partial charge in [-0.05, 0) is 36.1 Å². The van der Waals surface area contributed by atoms with E-state index >= 15 is 0 Å². The van der Waals surface area contributed by atoms with E-state index in [4.69, 9.17) is 0 Å². The highest BCUT2D eigenvalue weighted by atomic mass is 16.2. The molecule has 1 fully saturated rings. The molecular formula is C25H32N4O2. The van der Waals surface area contributed by atoms with Gasteiger partial charge in [-0.1, -0.05) is 38.1 Å². The third-order valence-electron chi connectivity index (χ3n) is 6.30. The zero-order chi connectivity index (χ0) is 21.8. The van der Waals surface area contributed by atoms with Gasteiger partial charge in [-0.25, -0.2) is 0 Å². The maximum Gasteiger partial charge on any atom is 0.255 e. The van der Waals surface area contributed by atoms with Crippen LogP contribution in [0.25, 0.3) is 0 Å². The van der Waals surface area contributed by atoms with Crippen LogP contribution in [0.1, 0.15) is 41.9 Å². The molecule has 0 radical (unpaired) electrons. The second-order valence-corrected chi connectivity index (χ2v) is 8.97. The predicted molar refractivity (Wildman–Crippen MR) is 121 cm³/mol. The summed E-state index contributed by atoms with van der Waals surface area (Å²) in [7, 11) is 0. The molecule has 0 bridgehead atoms. The number of amides is 2. The normalized spacial score (nSPS) is 17.8. The van der Waals surface area contributed by atoms with Gasteiger partial charge in [-0.2, -0.15) is 0 Å². The fraction of sp³-hybridized carbons (Fsp3) is 0.480. The van der Waals surface area contributed by atoms with Crippen molar-refractivity contribution in [2.75, 3.05) is 32.7 Å². The summed E-state index contributed by atoms with van der Waals surface area (Å²) in [4.78, 5) is 37.1. The van der Waals surface area contributed by atoms with Crippen LogP contribution in [0.4, 0.5) is 0 Å². The lowest BCUT2D eigenvalue weighted by molar-refractivity contribution is -0.138. The predicted octanol–water partition coefficient (Wildman–Crippen LogP) is 2.84. The highest BCUT2D eigenvalue weighted by Crippen LogP contribution is 2.28. The molecule has 0 N–H and O–H groups in total. The first-order valence-corrected chi connectivity index (χ1v) is 11.3. The Hall–Kier alpha value is -2.73. The van der Waals surface area contributed by atoms with Crippen molar-refractivity contribution in [3.63, 3.8) is 0 Å². The van der Waals surface area contributed by atoms with Gasteiger partial charge in [0.1, 0.15) is 6.04 Å². The highest BCUT2D eigenvalue weighted by molar-refractivity contribution is 6.01. The van der Waals surface area contributed by atoms with E-state index in [9.17, 15) is 9.59 Å². The second-order valence-electron chi connectivity index (χ2n) is 8.97. The number of piperazine rings is 1. The summed E-state index contributed by atoms with van der Waals surface area (Å²) in [6, 6.07) is 13.3. The summed E-state index contributed by atoms with van der Waals surface area (Å²) in [5.74, 6) is 0.424. The number of nitrogens with zero attached hydrogens (tertiary/aromatic N) is 4. The van der Waals surface area contributed by atoms with Crippen molar-refractivity contribution in [3.05, 3.63) is 65.5 Å². The van der Waals surface area contributed by atoms with E-state index in [2.05, 4.69) is 29.8 Å². The van der Waals surface area contributed by atoms with Gasteiger partial charge >= 0.3 is 0 Å². The van der Waals surface area contributed by atoms with Crippen molar-refractivity contribution < 1.29 is 9.59 Å². The molecular weight excluding hydrogens is 388 g/mol. The fourth-order valence-electron chi connectivity index (χ4n) is 4.56. The highest BCUT2D eigenvalue weighted by Gasteiger charge is 2.38. The molecule has 1 atom stereocenters. The zero-order valence-electron chi connectivity index (χ0n) is 18.5. The number of hydrogen-bond donors (Lipinski definition) is 0. The number of rotatable bonds is 7. The molecule has 2 aliphatic rings. The molecule has 0 aliphatic carbocycles. The van der Waals surface area contributed by atoms with E-state index in [0.29, 0.717) is 32.0 Å². The van der Waals surface area contributed by atoms with Crippen LogP contribution in [-0.4, -0.2) is 70.3 Å². The first-order valence-electron chi connectivity index (χ1n) is 11.3. The van der Waals surface area contributed by atoms with Crippen molar-refractivity contribution >= 4 is 11.8 Å². The number of carbonyl (C=O) groups excluding carboxylic acids is 2. The number of hydrogen-bond acceptors (Lipinski definition) is 4. The van der Waals surface area contributed by atoms with Crippen LogP contribution in [0.15, 0.2) is 48.7 Å². The molecule has 0 saturated carbocycles. The molecule has 0 spiro atoms. The second kappa shape index (κ2) is 9.60. The van der Waals surface area contributed by atoms with Crippen molar-refractivity contribution in [2.45, 2.75) is 39.3 Å². The van der Waals surface area contributed by atoms with E-state index in [1.165, 1.54) is 0 Å². The number of carbonyl (C=O) groups is 2. The van der Waals surface area contributed by atoms with E-state index < -0.39 is 0 Å². The monoisotopic (exact) mass is 420 g/mol. The standard InChI is InChI=1S/C25H32N4O2/c1-19(2)17-23(29-18-20-7-3-4-9-22(20)24(29)30)25(31)28-15-13-27(14-16-28)12-10-21-8-5-6-11-26-21/h3-9,11,19,23H,10,12-18H2,1-2H3/t23-/m0/s1. The van der Waals surface area contributed by atoms with Crippen LogP contribution in [0.5, 0.6) is 0 Å². The molecule has 1 aromatic carbocycles. The Morgan fingerprint density at radius 3 is 2.45 bits per heavy atom. The SMILES string of the molecule is CC(C)C[C@@H](C(=O)N1CCN(CCc2ccccn2)CC1)N1Cc2ccccc2C1=O. The molecule has 6 nitrogen and oxygen atoms in total. The van der Waals surface area contributed by atoms with E-state index in [0.717, 1.165) is 42.9 Å². The number of aromatic nitrogens is 1. The first kappa shape index (κ1) is 21.5. The van der Waals surface area contributed by atoms with Gasteiger partial charge in [0.15, 0.2) is 0 Å². The molecule has 2 amide bonds. The summed E-state index contributed by atoms with van der Waals surface area (Å²) in [5.41, 5.74) is 2.86. The Morgan fingerprint density at radius 1 is 1.03 bits per heavy atom. The summed E-state index contributed by atoms with van der Waals surface area (Å²) in [5, 5.41) is 0. The summed E-state index contributed by atoms with van der Waals surface area (Å²) in [6.45, 7) is 8.86. The third-order valence-corrected chi connectivity index (χ3v) is 6.30. The molecule has 3 heterocycles. The van der Waals surface area contributed by atoms with Crippen LogP contribution < -0.4 is 0 Å². The van der Waals surface area contributed by atoms with Crippen LogP contribution in [0.2, 0.25) is 0 Å². The minimum absolute atomic E-state index is 0.0106. The summed E-state index contributed by atoms with van der Waals surface area (Å²) in [6.07, 6.45) is 3.45. The molecule has 4 rings (SSSR count). The Kier molecular flexibility index (Phi) is 6.66. The quantitative estimate of drug-likeness (QED) is 0.691. The van der Waals surface area contributed by atoms with Crippen LogP contribution in [0.3, 0.4) is 0 Å². The molecule has 1 saturated heterocycles. The van der Waals surface area contributed by atoms with Crippen molar-refractivity contribution in [2.24, 2.45) is 5.92 Å². The van der Waals surface area contributed by atoms with Gasteiger partial charge in [0.2, 0.25) is 5.91 Å². The lowest BCUT2D eigenvalue weighted by Gasteiger charge is -2.38.